The first-order valence-corrected chi connectivity index (χ1v) is 7.81. The van der Waals surface area contributed by atoms with E-state index < -0.39 is 0 Å². The van der Waals surface area contributed by atoms with Gasteiger partial charge in [0.25, 0.3) is 11.7 Å². The molecule has 0 bridgehead atoms. The van der Waals surface area contributed by atoms with Gasteiger partial charge in [0.05, 0.1) is 12.7 Å². The van der Waals surface area contributed by atoms with Gasteiger partial charge in [-0.05, 0) is 32.0 Å². The van der Waals surface area contributed by atoms with E-state index in [9.17, 15) is 4.79 Å². The number of nitrogens with zero attached hydrogens (tertiary/aromatic N) is 4. The average molecular weight is 325 g/mol. The maximum absolute atomic E-state index is 12.1. The summed E-state index contributed by atoms with van der Waals surface area (Å²) >= 11 is 0. The standard InChI is InChI=1S/C17H19N5O2/c1-12(2)24-11-9-18-16(23)14-6-4-13(5-7-14)15-20-21-17-19-8-3-10-22(15)17/h3-8,10,12H,9,11H2,1-2H3,(H,18,23). The van der Waals surface area contributed by atoms with Crippen LogP contribution in [0.25, 0.3) is 17.2 Å². The van der Waals surface area contributed by atoms with E-state index in [0.29, 0.717) is 30.3 Å². The Balaban J connectivity index is 1.68. The number of hydrogen-bond acceptors (Lipinski definition) is 5. The molecule has 0 saturated carbocycles. The van der Waals surface area contributed by atoms with Crippen LogP contribution in [0.3, 0.4) is 0 Å². The van der Waals surface area contributed by atoms with E-state index in [0.717, 1.165) is 5.56 Å². The molecule has 7 heteroatoms. The number of benzene rings is 1. The maximum atomic E-state index is 12.1. The Bertz CT molecular complexity index is 826. The Morgan fingerprint density at radius 3 is 2.79 bits per heavy atom. The molecule has 0 spiro atoms. The Hall–Kier alpha value is -2.80. The second kappa shape index (κ2) is 7.18. The minimum Gasteiger partial charge on any atom is -0.377 e. The predicted molar refractivity (Wildman–Crippen MR) is 89.6 cm³/mol. The van der Waals surface area contributed by atoms with Crippen molar-refractivity contribution in [3.63, 3.8) is 0 Å². The van der Waals surface area contributed by atoms with Crippen LogP contribution >= 0.6 is 0 Å². The lowest BCUT2D eigenvalue weighted by Gasteiger charge is -2.09. The molecule has 3 rings (SSSR count). The third-order valence-corrected chi connectivity index (χ3v) is 3.43. The molecule has 0 radical (unpaired) electrons. The second-order valence-electron chi connectivity index (χ2n) is 5.57. The van der Waals surface area contributed by atoms with Crippen LogP contribution in [-0.4, -0.2) is 44.7 Å². The molecule has 0 fully saturated rings. The van der Waals surface area contributed by atoms with Crippen molar-refractivity contribution in [2.24, 2.45) is 0 Å². The molecule has 7 nitrogen and oxygen atoms in total. The summed E-state index contributed by atoms with van der Waals surface area (Å²) in [6, 6.07) is 9.06. The molecule has 1 N–H and O–H groups in total. The second-order valence-corrected chi connectivity index (χ2v) is 5.57. The SMILES string of the molecule is CC(C)OCCNC(=O)c1ccc(-c2nnc3ncccn23)cc1. The van der Waals surface area contributed by atoms with Crippen LogP contribution in [0.4, 0.5) is 0 Å². The first-order chi connectivity index (χ1) is 11.6. The summed E-state index contributed by atoms with van der Waals surface area (Å²) in [5.41, 5.74) is 1.46. The number of fused-ring (bicyclic) bond motifs is 1. The normalized spacial score (nSPS) is 11.1. The third-order valence-electron chi connectivity index (χ3n) is 3.43. The fourth-order valence-corrected chi connectivity index (χ4v) is 2.27. The molecule has 0 atom stereocenters. The summed E-state index contributed by atoms with van der Waals surface area (Å²) in [5.74, 6) is 1.11. The molecule has 124 valence electrons. The zero-order valence-electron chi connectivity index (χ0n) is 13.6. The highest BCUT2D eigenvalue weighted by molar-refractivity contribution is 5.94. The maximum Gasteiger partial charge on any atom is 0.255 e. The van der Waals surface area contributed by atoms with Crippen LogP contribution in [0.15, 0.2) is 42.7 Å². The highest BCUT2D eigenvalue weighted by atomic mass is 16.5. The zero-order chi connectivity index (χ0) is 16.9. The van der Waals surface area contributed by atoms with E-state index in [-0.39, 0.29) is 12.0 Å². The minimum atomic E-state index is -0.123. The summed E-state index contributed by atoms with van der Waals surface area (Å²) in [4.78, 5) is 16.2. The number of hydrogen-bond donors (Lipinski definition) is 1. The quantitative estimate of drug-likeness (QED) is 0.701. The molecule has 1 amide bonds. The Morgan fingerprint density at radius 2 is 2.04 bits per heavy atom. The fraction of sp³-hybridized carbons (Fsp3) is 0.294. The minimum absolute atomic E-state index is 0.123. The van der Waals surface area contributed by atoms with E-state index in [4.69, 9.17) is 4.74 Å². The highest BCUT2D eigenvalue weighted by Crippen LogP contribution is 2.18. The topological polar surface area (TPSA) is 81.4 Å². The molecule has 2 heterocycles. The van der Waals surface area contributed by atoms with Crippen molar-refractivity contribution in [3.05, 3.63) is 48.3 Å². The molecule has 24 heavy (non-hydrogen) atoms. The van der Waals surface area contributed by atoms with Crippen molar-refractivity contribution in [1.29, 1.82) is 0 Å². The van der Waals surface area contributed by atoms with Crippen molar-refractivity contribution in [3.8, 4) is 11.4 Å². The summed E-state index contributed by atoms with van der Waals surface area (Å²) < 4.78 is 7.20. The van der Waals surface area contributed by atoms with E-state index in [2.05, 4.69) is 20.5 Å². The predicted octanol–water partition coefficient (Wildman–Crippen LogP) is 1.95. The summed E-state index contributed by atoms with van der Waals surface area (Å²) in [5, 5.41) is 11.0. The van der Waals surface area contributed by atoms with Crippen molar-refractivity contribution in [2.45, 2.75) is 20.0 Å². The van der Waals surface area contributed by atoms with Crippen molar-refractivity contribution >= 4 is 11.7 Å². The third kappa shape index (κ3) is 3.57. The van der Waals surface area contributed by atoms with Crippen LogP contribution in [0.1, 0.15) is 24.2 Å². The van der Waals surface area contributed by atoms with Gasteiger partial charge < -0.3 is 10.1 Å². The van der Waals surface area contributed by atoms with Gasteiger partial charge in [-0.2, -0.15) is 0 Å². The largest absolute Gasteiger partial charge is 0.377 e. The van der Waals surface area contributed by atoms with Gasteiger partial charge in [-0.3, -0.25) is 9.20 Å². The molecule has 2 aromatic heterocycles. The van der Waals surface area contributed by atoms with Crippen LogP contribution in [0.5, 0.6) is 0 Å². The van der Waals surface area contributed by atoms with Gasteiger partial charge in [0.1, 0.15) is 0 Å². The average Bonchev–Trinajstić information content (AvgIpc) is 3.02. The number of aromatic nitrogens is 4. The molecular weight excluding hydrogens is 306 g/mol. The number of ether oxygens (including phenoxy) is 1. The van der Waals surface area contributed by atoms with Gasteiger partial charge in [0.15, 0.2) is 5.82 Å². The lowest BCUT2D eigenvalue weighted by atomic mass is 10.1. The first-order valence-electron chi connectivity index (χ1n) is 7.81. The van der Waals surface area contributed by atoms with Crippen molar-refractivity contribution in [1.82, 2.24) is 24.9 Å². The van der Waals surface area contributed by atoms with Gasteiger partial charge in [-0.15, -0.1) is 10.2 Å². The van der Waals surface area contributed by atoms with Gasteiger partial charge in [0, 0.05) is 30.1 Å². The highest BCUT2D eigenvalue weighted by Gasteiger charge is 2.10. The molecule has 0 aliphatic heterocycles. The first kappa shape index (κ1) is 16.1. The van der Waals surface area contributed by atoms with Gasteiger partial charge in [-0.25, -0.2) is 4.98 Å². The molecule has 0 saturated heterocycles. The number of carbonyl (C=O) groups is 1. The molecule has 0 aliphatic rings. The zero-order valence-corrected chi connectivity index (χ0v) is 13.6. The Morgan fingerprint density at radius 1 is 1.25 bits per heavy atom. The molecule has 1 aromatic carbocycles. The van der Waals surface area contributed by atoms with Gasteiger partial charge >= 0.3 is 0 Å². The smallest absolute Gasteiger partial charge is 0.255 e. The Kier molecular flexibility index (Phi) is 4.81. The van der Waals surface area contributed by atoms with E-state index in [1.165, 1.54) is 0 Å². The van der Waals surface area contributed by atoms with E-state index >= 15 is 0 Å². The number of carbonyl (C=O) groups excluding carboxylic acids is 1. The monoisotopic (exact) mass is 325 g/mol. The lowest BCUT2D eigenvalue weighted by Crippen LogP contribution is -2.28. The van der Waals surface area contributed by atoms with Gasteiger partial charge in [-0.1, -0.05) is 12.1 Å². The Labute approximate surface area is 139 Å². The fourth-order valence-electron chi connectivity index (χ4n) is 2.27. The summed E-state index contributed by atoms with van der Waals surface area (Å²) in [6.07, 6.45) is 3.69. The van der Waals surface area contributed by atoms with Crippen LogP contribution in [0.2, 0.25) is 0 Å². The molecule has 0 unspecified atom stereocenters. The van der Waals surface area contributed by atoms with E-state index in [1.807, 2.05) is 38.2 Å². The lowest BCUT2D eigenvalue weighted by molar-refractivity contribution is 0.0746. The van der Waals surface area contributed by atoms with Gasteiger partial charge in [0.2, 0.25) is 0 Å². The van der Waals surface area contributed by atoms with Crippen LogP contribution in [0, 0.1) is 0 Å². The molecule has 3 aromatic rings. The van der Waals surface area contributed by atoms with Crippen molar-refractivity contribution < 1.29 is 9.53 Å². The summed E-state index contributed by atoms with van der Waals surface area (Å²) in [6.45, 7) is 4.91. The number of nitrogens with one attached hydrogen (secondary N) is 1. The van der Waals surface area contributed by atoms with Crippen LogP contribution in [-0.2, 0) is 4.74 Å². The van der Waals surface area contributed by atoms with Crippen LogP contribution < -0.4 is 5.32 Å². The van der Waals surface area contributed by atoms with Crippen molar-refractivity contribution in [2.75, 3.05) is 13.2 Å². The summed E-state index contributed by atoms with van der Waals surface area (Å²) in [7, 11) is 0. The molecular formula is C17H19N5O2. The molecule has 0 aliphatic carbocycles. The number of rotatable bonds is 6. The van der Waals surface area contributed by atoms with E-state index in [1.54, 1.807) is 22.7 Å². The number of amides is 1.